The van der Waals surface area contributed by atoms with E-state index >= 15 is 0 Å². The summed E-state index contributed by atoms with van der Waals surface area (Å²) in [5.74, 6) is 2.57. The lowest BCUT2D eigenvalue weighted by Crippen LogP contribution is -2.46. The average molecular weight is 346 g/mol. The van der Waals surface area contributed by atoms with E-state index in [-0.39, 0.29) is 0 Å². The first-order chi connectivity index (χ1) is 11.7. The van der Waals surface area contributed by atoms with Gasteiger partial charge in [0.1, 0.15) is 5.82 Å². The van der Waals surface area contributed by atoms with Gasteiger partial charge in [0.05, 0.1) is 12.2 Å². The van der Waals surface area contributed by atoms with Crippen LogP contribution in [0, 0.1) is 6.92 Å². The first-order valence-electron chi connectivity index (χ1n) is 8.43. The summed E-state index contributed by atoms with van der Waals surface area (Å²) < 4.78 is 5.05. The van der Waals surface area contributed by atoms with Crippen molar-refractivity contribution >= 4 is 17.6 Å². The van der Waals surface area contributed by atoms with Crippen LogP contribution in [0.25, 0.3) is 0 Å². The Kier molecular flexibility index (Phi) is 4.41. The van der Waals surface area contributed by atoms with Crippen molar-refractivity contribution in [1.29, 1.82) is 0 Å². The summed E-state index contributed by atoms with van der Waals surface area (Å²) in [6.07, 6.45) is 5.45. The fraction of sp³-hybridized carbons (Fsp3) is 0.625. The van der Waals surface area contributed by atoms with Gasteiger partial charge in [-0.1, -0.05) is 16.9 Å². The zero-order valence-electron chi connectivity index (χ0n) is 14.2. The number of piperazine rings is 1. The topological polar surface area (TPSA) is 71.2 Å². The summed E-state index contributed by atoms with van der Waals surface area (Å²) >= 11 is 1.63. The van der Waals surface area contributed by atoms with Gasteiger partial charge in [-0.2, -0.15) is 4.98 Å². The SMILES string of the molecule is CSc1nc2c(c(N3CCN(Cc4noc(C)n4)CC3)n1)CCC2. The third-order valence-corrected chi connectivity index (χ3v) is 5.23. The van der Waals surface area contributed by atoms with Crippen LogP contribution in [0.15, 0.2) is 9.68 Å². The van der Waals surface area contributed by atoms with Gasteiger partial charge in [0.15, 0.2) is 11.0 Å². The Bertz CT molecular complexity index is 725. The molecule has 0 bridgehead atoms. The molecule has 3 heterocycles. The first kappa shape index (κ1) is 15.8. The molecule has 7 nitrogen and oxygen atoms in total. The lowest BCUT2D eigenvalue weighted by Gasteiger charge is -2.35. The molecule has 0 amide bonds. The van der Waals surface area contributed by atoms with E-state index in [0.717, 1.165) is 62.4 Å². The summed E-state index contributed by atoms with van der Waals surface area (Å²) in [6, 6.07) is 0. The number of anilines is 1. The minimum atomic E-state index is 0.629. The predicted octanol–water partition coefficient (Wildman–Crippen LogP) is 1.70. The smallest absolute Gasteiger partial charge is 0.223 e. The normalized spacial score (nSPS) is 18.2. The summed E-state index contributed by atoms with van der Waals surface area (Å²) in [7, 11) is 0. The highest BCUT2D eigenvalue weighted by Crippen LogP contribution is 2.31. The molecular weight excluding hydrogens is 324 g/mol. The van der Waals surface area contributed by atoms with Crippen molar-refractivity contribution in [3.05, 3.63) is 23.0 Å². The van der Waals surface area contributed by atoms with Crippen molar-refractivity contribution in [2.24, 2.45) is 0 Å². The number of aryl methyl sites for hydroxylation is 2. The minimum Gasteiger partial charge on any atom is -0.354 e. The van der Waals surface area contributed by atoms with Crippen LogP contribution in [0.3, 0.4) is 0 Å². The highest BCUT2D eigenvalue weighted by Gasteiger charge is 2.26. The number of hydrogen-bond acceptors (Lipinski definition) is 8. The number of rotatable bonds is 4. The summed E-state index contributed by atoms with van der Waals surface area (Å²) in [5.41, 5.74) is 2.63. The maximum absolute atomic E-state index is 5.05. The maximum Gasteiger partial charge on any atom is 0.223 e. The molecule has 0 unspecified atom stereocenters. The lowest BCUT2D eigenvalue weighted by molar-refractivity contribution is 0.239. The molecule has 2 aliphatic rings. The van der Waals surface area contributed by atoms with Crippen molar-refractivity contribution in [2.75, 3.05) is 37.3 Å². The zero-order chi connectivity index (χ0) is 16.5. The molecule has 0 saturated carbocycles. The van der Waals surface area contributed by atoms with E-state index in [1.54, 1.807) is 11.8 Å². The predicted molar refractivity (Wildman–Crippen MR) is 92.4 cm³/mol. The molecule has 4 rings (SSSR count). The molecule has 0 radical (unpaired) electrons. The second kappa shape index (κ2) is 6.68. The standard InChI is InChI=1S/C16H22N6OS/c1-11-17-14(20-23-11)10-21-6-8-22(9-7-21)15-12-4-3-5-13(12)18-16(19-15)24-2/h3-10H2,1-2H3. The second-order valence-corrected chi connectivity index (χ2v) is 7.08. The number of fused-ring (bicyclic) bond motifs is 1. The molecule has 1 aliphatic heterocycles. The molecule has 1 saturated heterocycles. The number of aromatic nitrogens is 4. The fourth-order valence-corrected chi connectivity index (χ4v) is 3.85. The van der Waals surface area contributed by atoms with E-state index in [0.29, 0.717) is 5.89 Å². The quantitative estimate of drug-likeness (QED) is 0.612. The van der Waals surface area contributed by atoms with Crippen molar-refractivity contribution < 1.29 is 4.52 Å². The molecule has 0 aromatic carbocycles. The molecule has 0 N–H and O–H groups in total. The summed E-state index contributed by atoms with van der Waals surface area (Å²) in [6.45, 7) is 6.51. The van der Waals surface area contributed by atoms with Crippen LogP contribution < -0.4 is 4.90 Å². The third-order valence-electron chi connectivity index (χ3n) is 4.68. The van der Waals surface area contributed by atoms with Crippen molar-refractivity contribution in [3.63, 3.8) is 0 Å². The molecule has 1 aliphatic carbocycles. The number of nitrogens with zero attached hydrogens (tertiary/aromatic N) is 6. The van der Waals surface area contributed by atoms with E-state index in [2.05, 4.69) is 24.9 Å². The molecule has 2 aromatic rings. The Morgan fingerprint density at radius 2 is 1.92 bits per heavy atom. The van der Waals surface area contributed by atoms with Crippen molar-refractivity contribution in [3.8, 4) is 0 Å². The van der Waals surface area contributed by atoms with Gasteiger partial charge >= 0.3 is 0 Å². The van der Waals surface area contributed by atoms with Crippen LogP contribution in [0.4, 0.5) is 5.82 Å². The second-order valence-electron chi connectivity index (χ2n) is 6.31. The minimum absolute atomic E-state index is 0.629. The van der Waals surface area contributed by atoms with E-state index < -0.39 is 0 Å². The van der Waals surface area contributed by atoms with Gasteiger partial charge in [0.25, 0.3) is 0 Å². The van der Waals surface area contributed by atoms with E-state index in [4.69, 9.17) is 9.51 Å². The Hall–Kier alpha value is -1.67. The lowest BCUT2D eigenvalue weighted by atomic mass is 10.2. The van der Waals surface area contributed by atoms with Crippen LogP contribution in [-0.4, -0.2) is 57.4 Å². The van der Waals surface area contributed by atoms with Gasteiger partial charge < -0.3 is 9.42 Å². The van der Waals surface area contributed by atoms with Crippen LogP contribution in [0.1, 0.15) is 29.4 Å². The number of thioether (sulfide) groups is 1. The first-order valence-corrected chi connectivity index (χ1v) is 9.65. The van der Waals surface area contributed by atoms with E-state index in [1.807, 2.05) is 13.2 Å². The van der Waals surface area contributed by atoms with Gasteiger partial charge in [-0.15, -0.1) is 0 Å². The van der Waals surface area contributed by atoms with Crippen molar-refractivity contribution in [1.82, 2.24) is 25.0 Å². The van der Waals surface area contributed by atoms with Crippen LogP contribution in [-0.2, 0) is 19.4 Å². The molecule has 24 heavy (non-hydrogen) atoms. The Labute approximate surface area is 145 Å². The van der Waals surface area contributed by atoms with Gasteiger partial charge in [0, 0.05) is 38.7 Å². The summed E-state index contributed by atoms with van der Waals surface area (Å²) in [5, 5.41) is 4.89. The van der Waals surface area contributed by atoms with Gasteiger partial charge in [0.2, 0.25) is 5.89 Å². The van der Waals surface area contributed by atoms with Crippen LogP contribution in [0.2, 0.25) is 0 Å². The molecule has 0 atom stereocenters. The zero-order valence-corrected chi connectivity index (χ0v) is 15.0. The monoisotopic (exact) mass is 346 g/mol. The van der Waals surface area contributed by atoms with Crippen LogP contribution >= 0.6 is 11.8 Å². The molecular formula is C16H22N6OS. The molecule has 128 valence electrons. The summed E-state index contributed by atoms with van der Waals surface area (Å²) in [4.78, 5) is 18.6. The van der Waals surface area contributed by atoms with E-state index in [1.165, 1.54) is 17.7 Å². The Morgan fingerprint density at radius 3 is 2.62 bits per heavy atom. The number of hydrogen-bond donors (Lipinski definition) is 0. The molecule has 0 spiro atoms. The fourth-order valence-electron chi connectivity index (χ4n) is 3.47. The third kappa shape index (κ3) is 3.12. The van der Waals surface area contributed by atoms with Gasteiger partial charge in [-0.05, 0) is 25.5 Å². The molecule has 1 fully saturated rings. The van der Waals surface area contributed by atoms with Gasteiger partial charge in [-0.25, -0.2) is 9.97 Å². The Morgan fingerprint density at radius 1 is 1.08 bits per heavy atom. The molecule has 8 heteroatoms. The largest absolute Gasteiger partial charge is 0.354 e. The van der Waals surface area contributed by atoms with Crippen LogP contribution in [0.5, 0.6) is 0 Å². The molecule has 2 aromatic heterocycles. The highest BCUT2D eigenvalue weighted by molar-refractivity contribution is 7.98. The van der Waals surface area contributed by atoms with Crippen molar-refractivity contribution in [2.45, 2.75) is 37.9 Å². The van der Waals surface area contributed by atoms with Gasteiger partial charge in [-0.3, -0.25) is 4.90 Å². The highest BCUT2D eigenvalue weighted by atomic mass is 32.2. The van der Waals surface area contributed by atoms with E-state index in [9.17, 15) is 0 Å². The maximum atomic E-state index is 5.05. The Balaban J connectivity index is 1.45. The average Bonchev–Trinajstić information content (AvgIpc) is 3.23.